The zero-order chi connectivity index (χ0) is 13.4. The number of nitrogens with zero attached hydrogens (tertiary/aromatic N) is 3. The average molecular weight is 295 g/mol. The molecule has 1 aliphatic rings. The molecule has 2 aromatic heterocycles. The summed E-state index contributed by atoms with van der Waals surface area (Å²) in [4.78, 5) is 13.3. The molecule has 4 nitrogen and oxygen atoms in total. The molecular weight excluding hydrogens is 283 g/mol. The third-order valence-corrected chi connectivity index (χ3v) is 3.65. The third-order valence-electron chi connectivity index (χ3n) is 3.16. The van der Waals surface area contributed by atoms with Crippen molar-refractivity contribution in [2.24, 2.45) is 0 Å². The molecule has 0 aromatic carbocycles. The molecule has 0 bridgehead atoms. The number of hydrogen-bond acceptors (Lipinski definition) is 4. The molecule has 1 aliphatic heterocycles. The molecule has 98 valence electrons. The van der Waals surface area contributed by atoms with Gasteiger partial charge in [-0.2, -0.15) is 0 Å². The van der Waals surface area contributed by atoms with E-state index in [-0.39, 0.29) is 0 Å². The summed E-state index contributed by atoms with van der Waals surface area (Å²) >= 11 is 12.0. The zero-order valence-corrected chi connectivity index (χ0v) is 11.9. The second-order valence-corrected chi connectivity index (χ2v) is 5.31. The molecule has 3 rings (SSSR count). The van der Waals surface area contributed by atoms with Crippen molar-refractivity contribution in [2.75, 3.05) is 6.54 Å². The van der Waals surface area contributed by atoms with Crippen LogP contribution in [0.3, 0.4) is 0 Å². The number of rotatable bonds is 1. The molecule has 0 aliphatic carbocycles. The lowest BCUT2D eigenvalue weighted by atomic mass is 10.1. The SMILES string of the molecule is Cc1nc(-c2ncc(Cl)cc2Cl)nc2c1CNCC2. The highest BCUT2D eigenvalue weighted by molar-refractivity contribution is 6.35. The standard InChI is InChI=1S/C13H12Cl2N4/c1-7-9-6-16-3-2-11(9)19-13(18-7)12-10(15)4-8(14)5-17-12/h4-5,16H,2-3,6H2,1H3. The predicted octanol–water partition coefficient (Wildman–Crippen LogP) is 2.80. The Hall–Kier alpha value is -1.23. The fraction of sp³-hybridized carbons (Fsp3) is 0.308. The molecule has 3 heterocycles. The van der Waals surface area contributed by atoms with Crippen LogP contribution in [0.1, 0.15) is 17.0 Å². The Kier molecular flexibility index (Phi) is 3.39. The van der Waals surface area contributed by atoms with Crippen LogP contribution in [0, 0.1) is 6.92 Å². The molecular formula is C13H12Cl2N4. The minimum atomic E-state index is 0.473. The number of halogens is 2. The van der Waals surface area contributed by atoms with Gasteiger partial charge in [0.15, 0.2) is 5.82 Å². The fourth-order valence-electron chi connectivity index (χ4n) is 2.20. The van der Waals surface area contributed by atoms with Gasteiger partial charge in [0.1, 0.15) is 5.69 Å². The van der Waals surface area contributed by atoms with E-state index in [1.165, 1.54) is 5.56 Å². The zero-order valence-electron chi connectivity index (χ0n) is 10.4. The van der Waals surface area contributed by atoms with Crippen molar-refractivity contribution in [1.82, 2.24) is 20.3 Å². The summed E-state index contributed by atoms with van der Waals surface area (Å²) < 4.78 is 0. The van der Waals surface area contributed by atoms with Gasteiger partial charge in [-0.1, -0.05) is 23.2 Å². The van der Waals surface area contributed by atoms with Gasteiger partial charge in [-0.15, -0.1) is 0 Å². The van der Waals surface area contributed by atoms with E-state index in [4.69, 9.17) is 23.2 Å². The maximum Gasteiger partial charge on any atom is 0.180 e. The number of aryl methyl sites for hydroxylation is 1. The lowest BCUT2D eigenvalue weighted by Gasteiger charge is -2.18. The van der Waals surface area contributed by atoms with E-state index in [0.29, 0.717) is 21.6 Å². The maximum absolute atomic E-state index is 6.16. The molecule has 2 aromatic rings. The van der Waals surface area contributed by atoms with E-state index >= 15 is 0 Å². The van der Waals surface area contributed by atoms with E-state index in [9.17, 15) is 0 Å². The maximum atomic E-state index is 6.16. The van der Waals surface area contributed by atoms with Gasteiger partial charge in [0, 0.05) is 37.0 Å². The van der Waals surface area contributed by atoms with E-state index in [2.05, 4.69) is 20.3 Å². The number of aromatic nitrogens is 3. The first kappa shape index (κ1) is 12.8. The Morgan fingerprint density at radius 1 is 1.26 bits per heavy atom. The monoisotopic (exact) mass is 294 g/mol. The molecule has 1 N–H and O–H groups in total. The van der Waals surface area contributed by atoms with Crippen LogP contribution in [-0.4, -0.2) is 21.5 Å². The molecule has 6 heteroatoms. The van der Waals surface area contributed by atoms with Gasteiger partial charge >= 0.3 is 0 Å². The number of fused-ring (bicyclic) bond motifs is 1. The minimum absolute atomic E-state index is 0.473. The van der Waals surface area contributed by atoms with Crippen molar-refractivity contribution in [1.29, 1.82) is 0 Å². The fourth-order valence-corrected chi connectivity index (χ4v) is 2.66. The average Bonchev–Trinajstić information content (AvgIpc) is 2.38. The molecule has 0 saturated carbocycles. The highest BCUT2D eigenvalue weighted by atomic mass is 35.5. The van der Waals surface area contributed by atoms with Crippen LogP contribution >= 0.6 is 23.2 Å². The first-order chi connectivity index (χ1) is 9.15. The summed E-state index contributed by atoms with van der Waals surface area (Å²) in [6, 6.07) is 1.66. The van der Waals surface area contributed by atoms with Crippen molar-refractivity contribution in [3.8, 4) is 11.5 Å². The molecule has 0 amide bonds. The van der Waals surface area contributed by atoms with Crippen molar-refractivity contribution in [2.45, 2.75) is 19.9 Å². The van der Waals surface area contributed by atoms with Gasteiger partial charge in [-0.25, -0.2) is 15.0 Å². The lowest BCUT2D eigenvalue weighted by molar-refractivity contribution is 0.621. The quantitative estimate of drug-likeness (QED) is 0.879. The first-order valence-electron chi connectivity index (χ1n) is 6.03. The molecule has 0 unspecified atom stereocenters. The van der Waals surface area contributed by atoms with Crippen LogP contribution in [0.4, 0.5) is 0 Å². The number of pyridine rings is 1. The Balaban J connectivity index is 2.13. The predicted molar refractivity (Wildman–Crippen MR) is 75.4 cm³/mol. The van der Waals surface area contributed by atoms with Gasteiger partial charge < -0.3 is 5.32 Å². The van der Waals surface area contributed by atoms with Crippen LogP contribution in [-0.2, 0) is 13.0 Å². The Labute approximate surface area is 121 Å². The molecule has 0 radical (unpaired) electrons. The minimum Gasteiger partial charge on any atom is -0.312 e. The van der Waals surface area contributed by atoms with Crippen molar-refractivity contribution in [3.05, 3.63) is 39.3 Å². The van der Waals surface area contributed by atoms with Crippen LogP contribution in [0.25, 0.3) is 11.5 Å². The lowest BCUT2D eigenvalue weighted by Crippen LogP contribution is -2.26. The summed E-state index contributed by atoms with van der Waals surface area (Å²) in [6.07, 6.45) is 2.46. The van der Waals surface area contributed by atoms with E-state index in [1.54, 1.807) is 12.3 Å². The van der Waals surface area contributed by atoms with Crippen LogP contribution in [0.5, 0.6) is 0 Å². The summed E-state index contributed by atoms with van der Waals surface area (Å²) in [5.41, 5.74) is 3.81. The van der Waals surface area contributed by atoms with E-state index < -0.39 is 0 Å². The smallest absolute Gasteiger partial charge is 0.180 e. The summed E-state index contributed by atoms with van der Waals surface area (Å²) in [6.45, 7) is 3.74. The van der Waals surface area contributed by atoms with Crippen molar-refractivity contribution < 1.29 is 0 Å². The molecule has 0 atom stereocenters. The summed E-state index contributed by atoms with van der Waals surface area (Å²) in [5, 5.41) is 4.30. The third kappa shape index (κ3) is 2.43. The summed E-state index contributed by atoms with van der Waals surface area (Å²) in [5.74, 6) is 0.569. The van der Waals surface area contributed by atoms with Gasteiger partial charge in [0.2, 0.25) is 0 Å². The first-order valence-corrected chi connectivity index (χ1v) is 6.79. The Morgan fingerprint density at radius 3 is 2.89 bits per heavy atom. The highest BCUT2D eigenvalue weighted by Gasteiger charge is 2.17. The highest BCUT2D eigenvalue weighted by Crippen LogP contribution is 2.27. The van der Waals surface area contributed by atoms with Crippen molar-refractivity contribution in [3.63, 3.8) is 0 Å². The molecule has 0 saturated heterocycles. The van der Waals surface area contributed by atoms with Crippen molar-refractivity contribution >= 4 is 23.2 Å². The van der Waals surface area contributed by atoms with Gasteiger partial charge in [0.25, 0.3) is 0 Å². The number of hydrogen-bond donors (Lipinski definition) is 1. The Morgan fingerprint density at radius 2 is 2.11 bits per heavy atom. The van der Waals surface area contributed by atoms with E-state index in [1.807, 2.05) is 6.92 Å². The Bertz CT molecular complexity index is 643. The molecule has 0 fully saturated rings. The second-order valence-electron chi connectivity index (χ2n) is 4.47. The second kappa shape index (κ2) is 5.04. The van der Waals surface area contributed by atoms with Crippen LogP contribution < -0.4 is 5.32 Å². The molecule has 0 spiro atoms. The van der Waals surface area contributed by atoms with Gasteiger partial charge in [-0.3, -0.25) is 0 Å². The number of nitrogens with one attached hydrogen (secondary N) is 1. The van der Waals surface area contributed by atoms with E-state index in [0.717, 1.165) is 30.9 Å². The topological polar surface area (TPSA) is 50.7 Å². The largest absolute Gasteiger partial charge is 0.312 e. The normalized spacial score (nSPS) is 14.3. The van der Waals surface area contributed by atoms with Crippen LogP contribution in [0.15, 0.2) is 12.3 Å². The van der Waals surface area contributed by atoms with Crippen LogP contribution in [0.2, 0.25) is 10.0 Å². The van der Waals surface area contributed by atoms with Gasteiger partial charge in [-0.05, 0) is 13.0 Å². The summed E-state index contributed by atoms with van der Waals surface area (Å²) in [7, 11) is 0. The van der Waals surface area contributed by atoms with Gasteiger partial charge in [0.05, 0.1) is 15.7 Å². The molecule has 19 heavy (non-hydrogen) atoms.